The molecule has 2 aromatic carbocycles. The van der Waals surface area contributed by atoms with E-state index in [1.165, 1.54) is 4.31 Å². The van der Waals surface area contributed by atoms with E-state index in [-0.39, 0.29) is 5.91 Å². The third-order valence-corrected chi connectivity index (χ3v) is 5.77. The van der Waals surface area contributed by atoms with Crippen molar-refractivity contribution in [3.63, 3.8) is 0 Å². The lowest BCUT2D eigenvalue weighted by molar-refractivity contribution is -0.122. The maximum absolute atomic E-state index is 13.0. The van der Waals surface area contributed by atoms with Crippen molar-refractivity contribution in [2.45, 2.75) is 46.7 Å². The second-order valence-electron chi connectivity index (χ2n) is 7.07. The monoisotopic (exact) mass is 418 g/mol. The molecular weight excluding hydrogens is 388 g/mol. The minimum Gasteiger partial charge on any atom is -0.494 e. The van der Waals surface area contributed by atoms with Crippen LogP contribution in [0.15, 0.2) is 42.5 Å². The van der Waals surface area contributed by atoms with E-state index < -0.39 is 16.1 Å². The highest BCUT2D eigenvalue weighted by atomic mass is 32.2. The maximum atomic E-state index is 13.0. The molecule has 0 fully saturated rings. The Labute approximate surface area is 173 Å². The minimum atomic E-state index is -3.66. The second-order valence-corrected chi connectivity index (χ2v) is 8.93. The number of hydrogen-bond donors (Lipinski definition) is 1. The Kier molecular flexibility index (Phi) is 7.67. The number of nitrogens with one attached hydrogen (secondary N) is 1. The number of benzene rings is 2. The molecule has 1 atom stereocenters. The van der Waals surface area contributed by atoms with Crippen molar-refractivity contribution in [2.75, 3.05) is 17.2 Å². The highest BCUT2D eigenvalue weighted by Crippen LogP contribution is 2.27. The van der Waals surface area contributed by atoms with Gasteiger partial charge in [-0.05, 0) is 62.1 Å². The molecule has 0 bridgehead atoms. The molecular formula is C22H30N2O4S. The van der Waals surface area contributed by atoms with Gasteiger partial charge in [0.25, 0.3) is 0 Å². The molecule has 2 aromatic rings. The van der Waals surface area contributed by atoms with Crippen molar-refractivity contribution < 1.29 is 17.9 Å². The van der Waals surface area contributed by atoms with Gasteiger partial charge in [-0.3, -0.25) is 9.10 Å². The van der Waals surface area contributed by atoms with Gasteiger partial charge in [-0.15, -0.1) is 0 Å². The third-order valence-electron chi connectivity index (χ3n) is 4.61. The first kappa shape index (κ1) is 22.7. The zero-order valence-electron chi connectivity index (χ0n) is 17.7. The van der Waals surface area contributed by atoms with Gasteiger partial charge in [-0.25, -0.2) is 8.42 Å². The average Bonchev–Trinajstić information content (AvgIpc) is 2.66. The molecule has 0 spiro atoms. The van der Waals surface area contributed by atoms with Crippen molar-refractivity contribution in [2.24, 2.45) is 0 Å². The SMILES string of the molecule is CCOc1cccc(CNC(=O)C(CC)N(c2cc(C)ccc2C)S(C)(=O)=O)c1. The standard InChI is InChI=1S/C22H30N2O4S/c1-6-20(22(25)23-15-18-9-8-10-19(14-18)28-7-2)24(29(5,26)27)21-13-16(3)11-12-17(21)4/h8-14,20H,6-7,15H2,1-5H3,(H,23,25). The summed E-state index contributed by atoms with van der Waals surface area (Å²) in [6, 6.07) is 12.2. The number of rotatable bonds is 9. The normalized spacial score (nSPS) is 12.3. The van der Waals surface area contributed by atoms with E-state index >= 15 is 0 Å². The van der Waals surface area contributed by atoms with Crippen LogP contribution in [0.3, 0.4) is 0 Å². The van der Waals surface area contributed by atoms with Gasteiger partial charge in [0.15, 0.2) is 0 Å². The second kappa shape index (κ2) is 9.78. The Hall–Kier alpha value is -2.54. The van der Waals surface area contributed by atoms with E-state index in [1.54, 1.807) is 6.07 Å². The molecule has 0 aliphatic rings. The lowest BCUT2D eigenvalue weighted by Crippen LogP contribution is -2.49. The number of sulfonamides is 1. The van der Waals surface area contributed by atoms with Crippen LogP contribution in [0.4, 0.5) is 5.69 Å². The summed E-state index contributed by atoms with van der Waals surface area (Å²) in [6.07, 6.45) is 1.49. The molecule has 0 aromatic heterocycles. The summed E-state index contributed by atoms with van der Waals surface area (Å²) in [5.74, 6) is 0.403. The fourth-order valence-corrected chi connectivity index (χ4v) is 4.47. The smallest absolute Gasteiger partial charge is 0.244 e. The van der Waals surface area contributed by atoms with E-state index in [2.05, 4.69) is 5.32 Å². The number of hydrogen-bond acceptors (Lipinski definition) is 4. The molecule has 0 heterocycles. The van der Waals surface area contributed by atoms with Crippen LogP contribution in [0.2, 0.25) is 0 Å². The van der Waals surface area contributed by atoms with Crippen molar-refractivity contribution >= 4 is 21.6 Å². The van der Waals surface area contributed by atoms with Gasteiger partial charge in [0, 0.05) is 6.54 Å². The van der Waals surface area contributed by atoms with Crippen LogP contribution >= 0.6 is 0 Å². The molecule has 2 rings (SSSR count). The molecule has 1 N–H and O–H groups in total. The molecule has 0 saturated heterocycles. The van der Waals surface area contributed by atoms with Gasteiger partial charge in [-0.2, -0.15) is 0 Å². The summed E-state index contributed by atoms with van der Waals surface area (Å²) in [5.41, 5.74) is 3.16. The predicted molar refractivity (Wildman–Crippen MR) is 117 cm³/mol. The van der Waals surface area contributed by atoms with Crippen LogP contribution in [0, 0.1) is 13.8 Å². The third kappa shape index (κ3) is 5.97. The van der Waals surface area contributed by atoms with Gasteiger partial charge < -0.3 is 10.1 Å². The first-order chi connectivity index (χ1) is 13.7. The molecule has 1 unspecified atom stereocenters. The van der Waals surface area contributed by atoms with Crippen molar-refractivity contribution in [1.29, 1.82) is 0 Å². The molecule has 0 aliphatic heterocycles. The molecule has 6 nitrogen and oxygen atoms in total. The summed E-state index contributed by atoms with van der Waals surface area (Å²) < 4.78 is 32.0. The minimum absolute atomic E-state index is 0.292. The van der Waals surface area contributed by atoms with E-state index in [1.807, 2.05) is 64.1 Å². The number of carbonyl (C=O) groups excluding carboxylic acids is 1. The average molecular weight is 419 g/mol. The highest BCUT2D eigenvalue weighted by molar-refractivity contribution is 7.92. The molecule has 0 saturated carbocycles. The Morgan fingerprint density at radius 1 is 1.14 bits per heavy atom. The number of anilines is 1. The Morgan fingerprint density at radius 2 is 1.86 bits per heavy atom. The largest absolute Gasteiger partial charge is 0.494 e. The van der Waals surface area contributed by atoms with Gasteiger partial charge in [0.1, 0.15) is 11.8 Å². The summed E-state index contributed by atoms with van der Waals surface area (Å²) in [6.45, 7) is 8.32. The zero-order chi connectivity index (χ0) is 21.6. The van der Waals surface area contributed by atoms with E-state index in [0.717, 1.165) is 28.7 Å². The number of aryl methyl sites for hydroxylation is 2. The van der Waals surface area contributed by atoms with Gasteiger partial charge in [0.05, 0.1) is 18.6 Å². The number of ether oxygens (including phenoxy) is 1. The molecule has 158 valence electrons. The Bertz CT molecular complexity index is 957. The van der Waals surface area contributed by atoms with E-state index in [9.17, 15) is 13.2 Å². The van der Waals surface area contributed by atoms with Gasteiger partial charge in [0.2, 0.25) is 15.9 Å². The van der Waals surface area contributed by atoms with Gasteiger partial charge in [-0.1, -0.05) is 31.2 Å². The van der Waals surface area contributed by atoms with Crippen LogP contribution in [0.25, 0.3) is 0 Å². The number of carbonyl (C=O) groups is 1. The Morgan fingerprint density at radius 3 is 2.48 bits per heavy atom. The summed E-state index contributed by atoms with van der Waals surface area (Å²) >= 11 is 0. The Balaban J connectivity index is 2.27. The topological polar surface area (TPSA) is 75.7 Å². The lowest BCUT2D eigenvalue weighted by Gasteiger charge is -2.31. The van der Waals surface area contributed by atoms with Crippen LogP contribution in [-0.2, 0) is 21.4 Å². The lowest BCUT2D eigenvalue weighted by atomic mass is 10.1. The fourth-order valence-electron chi connectivity index (χ4n) is 3.21. The quantitative estimate of drug-likeness (QED) is 0.676. The molecule has 0 radical (unpaired) electrons. The number of amides is 1. The number of nitrogens with zero attached hydrogens (tertiary/aromatic N) is 1. The summed E-state index contributed by atoms with van der Waals surface area (Å²) in [4.78, 5) is 13.0. The van der Waals surface area contributed by atoms with Crippen LogP contribution in [-0.4, -0.2) is 33.2 Å². The molecule has 0 aliphatic carbocycles. The van der Waals surface area contributed by atoms with Crippen LogP contribution in [0.1, 0.15) is 37.0 Å². The first-order valence-electron chi connectivity index (χ1n) is 9.73. The van der Waals surface area contributed by atoms with E-state index in [0.29, 0.717) is 25.3 Å². The highest BCUT2D eigenvalue weighted by Gasteiger charge is 2.32. The van der Waals surface area contributed by atoms with Crippen molar-refractivity contribution in [1.82, 2.24) is 5.32 Å². The first-order valence-corrected chi connectivity index (χ1v) is 11.6. The summed E-state index contributed by atoms with van der Waals surface area (Å²) in [5, 5.41) is 2.88. The molecule has 1 amide bonds. The predicted octanol–water partition coefficient (Wildman–Crippen LogP) is 3.56. The van der Waals surface area contributed by atoms with Crippen molar-refractivity contribution in [3.8, 4) is 5.75 Å². The van der Waals surface area contributed by atoms with Crippen LogP contribution < -0.4 is 14.4 Å². The molecule has 29 heavy (non-hydrogen) atoms. The molecule has 7 heteroatoms. The van der Waals surface area contributed by atoms with Crippen LogP contribution in [0.5, 0.6) is 5.75 Å². The summed E-state index contributed by atoms with van der Waals surface area (Å²) in [7, 11) is -3.66. The van der Waals surface area contributed by atoms with E-state index in [4.69, 9.17) is 4.74 Å². The van der Waals surface area contributed by atoms with Gasteiger partial charge >= 0.3 is 0 Å². The fraction of sp³-hybridized carbons (Fsp3) is 0.409. The van der Waals surface area contributed by atoms with Crippen molar-refractivity contribution in [3.05, 3.63) is 59.2 Å². The zero-order valence-corrected chi connectivity index (χ0v) is 18.5. The maximum Gasteiger partial charge on any atom is 0.244 e.